The molecule has 0 saturated carbocycles. The monoisotopic (exact) mass is 432 g/mol. The van der Waals surface area contributed by atoms with E-state index in [2.05, 4.69) is 10.4 Å². The Balaban J connectivity index is 1.37. The van der Waals surface area contributed by atoms with Gasteiger partial charge in [-0.1, -0.05) is 18.2 Å². The molecule has 0 aliphatic carbocycles. The summed E-state index contributed by atoms with van der Waals surface area (Å²) < 4.78 is 6.85. The van der Waals surface area contributed by atoms with Crippen molar-refractivity contribution in [3.05, 3.63) is 77.6 Å². The molecule has 0 atom stereocenters. The Morgan fingerprint density at radius 3 is 2.41 bits per heavy atom. The van der Waals surface area contributed by atoms with Crippen molar-refractivity contribution >= 4 is 17.5 Å². The number of likely N-dealkylation sites (tertiary alicyclic amines) is 1. The summed E-state index contributed by atoms with van der Waals surface area (Å²) >= 11 is 0. The lowest BCUT2D eigenvalue weighted by Crippen LogP contribution is -2.39. The van der Waals surface area contributed by atoms with Gasteiger partial charge in [0.05, 0.1) is 18.4 Å². The van der Waals surface area contributed by atoms with Crippen molar-refractivity contribution in [1.29, 1.82) is 0 Å². The highest BCUT2D eigenvalue weighted by Gasteiger charge is 2.26. The van der Waals surface area contributed by atoms with Crippen molar-refractivity contribution in [2.75, 3.05) is 25.5 Å². The van der Waals surface area contributed by atoms with Crippen molar-refractivity contribution in [2.45, 2.75) is 19.3 Å². The van der Waals surface area contributed by atoms with Crippen LogP contribution in [0.25, 0.3) is 0 Å². The van der Waals surface area contributed by atoms with Crippen molar-refractivity contribution in [3.8, 4) is 5.75 Å². The first-order chi connectivity index (χ1) is 15.5. The van der Waals surface area contributed by atoms with Gasteiger partial charge in [0.1, 0.15) is 5.75 Å². The third kappa shape index (κ3) is 4.99. The molecule has 1 N–H and O–H groups in total. The lowest BCUT2D eigenvalue weighted by atomic mass is 9.91. The molecular weight excluding hydrogens is 404 g/mol. The second-order valence-electron chi connectivity index (χ2n) is 8.15. The second-order valence-corrected chi connectivity index (χ2v) is 8.15. The summed E-state index contributed by atoms with van der Waals surface area (Å²) in [5.74, 6) is 1.04. The van der Waals surface area contributed by atoms with Gasteiger partial charge in [0.2, 0.25) is 0 Å². The smallest absolute Gasteiger partial charge is 0.259 e. The van der Waals surface area contributed by atoms with Crippen LogP contribution in [0.3, 0.4) is 0 Å². The van der Waals surface area contributed by atoms with Crippen molar-refractivity contribution in [1.82, 2.24) is 14.7 Å². The summed E-state index contributed by atoms with van der Waals surface area (Å²) in [6, 6.07) is 16.6. The van der Waals surface area contributed by atoms with Crippen LogP contribution in [0.4, 0.5) is 5.69 Å². The number of aromatic nitrogens is 2. The van der Waals surface area contributed by atoms with Crippen molar-refractivity contribution in [2.24, 2.45) is 13.0 Å². The van der Waals surface area contributed by atoms with E-state index in [-0.39, 0.29) is 11.8 Å². The summed E-state index contributed by atoms with van der Waals surface area (Å²) in [7, 11) is 3.44. The topological polar surface area (TPSA) is 76.5 Å². The fraction of sp³-hybridized carbons (Fsp3) is 0.320. The molecule has 0 radical (unpaired) electrons. The number of rotatable bonds is 6. The van der Waals surface area contributed by atoms with Gasteiger partial charge in [0.25, 0.3) is 11.8 Å². The van der Waals surface area contributed by atoms with E-state index in [1.165, 1.54) is 0 Å². The van der Waals surface area contributed by atoms with Crippen LogP contribution in [-0.2, 0) is 13.5 Å². The number of nitrogens with one attached hydrogen (secondary N) is 1. The molecule has 1 aliphatic rings. The zero-order valence-corrected chi connectivity index (χ0v) is 18.5. The molecule has 1 fully saturated rings. The maximum atomic E-state index is 12.9. The maximum Gasteiger partial charge on any atom is 0.259 e. The average Bonchev–Trinajstić information content (AvgIpc) is 3.20. The Morgan fingerprint density at radius 1 is 1.06 bits per heavy atom. The number of hydrogen-bond acceptors (Lipinski definition) is 4. The molecule has 2 aromatic carbocycles. The van der Waals surface area contributed by atoms with Gasteiger partial charge in [0, 0.05) is 37.6 Å². The van der Waals surface area contributed by atoms with E-state index < -0.39 is 0 Å². The van der Waals surface area contributed by atoms with Gasteiger partial charge in [-0.2, -0.15) is 5.10 Å². The Morgan fingerprint density at radius 2 is 1.75 bits per heavy atom. The summed E-state index contributed by atoms with van der Waals surface area (Å²) in [5, 5.41) is 7.49. The first-order valence-corrected chi connectivity index (χ1v) is 10.9. The molecule has 3 aromatic rings. The number of anilines is 1. The fourth-order valence-corrected chi connectivity index (χ4v) is 4.12. The minimum atomic E-state index is -0.171. The molecule has 166 valence electrons. The van der Waals surface area contributed by atoms with Gasteiger partial charge in [-0.05, 0) is 61.6 Å². The summed E-state index contributed by atoms with van der Waals surface area (Å²) in [6.45, 7) is 1.44. The Kier molecular flexibility index (Phi) is 6.54. The van der Waals surface area contributed by atoms with Crippen LogP contribution in [0.1, 0.15) is 39.3 Å². The van der Waals surface area contributed by atoms with Crippen LogP contribution < -0.4 is 10.1 Å². The minimum absolute atomic E-state index is 0.0847. The van der Waals surface area contributed by atoms with Crippen LogP contribution in [0, 0.1) is 5.92 Å². The highest BCUT2D eigenvalue weighted by molar-refractivity contribution is 6.05. The number of piperidine rings is 1. The third-order valence-corrected chi connectivity index (χ3v) is 5.90. The van der Waals surface area contributed by atoms with E-state index in [4.69, 9.17) is 4.74 Å². The zero-order chi connectivity index (χ0) is 22.5. The summed E-state index contributed by atoms with van der Waals surface area (Å²) in [6.07, 6.45) is 4.28. The van der Waals surface area contributed by atoms with E-state index in [1.54, 1.807) is 18.0 Å². The lowest BCUT2D eigenvalue weighted by Gasteiger charge is -2.32. The van der Waals surface area contributed by atoms with Gasteiger partial charge in [-0.15, -0.1) is 0 Å². The van der Waals surface area contributed by atoms with Gasteiger partial charge in [-0.25, -0.2) is 0 Å². The standard InChI is InChI=1S/C25H28N4O3/c1-28-17-22(24(30)26-20-8-10-21(32-2)11-9-20)23(27-28)16-18-12-14-29(15-13-18)25(31)19-6-4-3-5-7-19/h3-11,17-18H,12-16H2,1-2H3,(H,26,30). The molecule has 7 heteroatoms. The molecule has 7 nitrogen and oxygen atoms in total. The summed E-state index contributed by atoms with van der Waals surface area (Å²) in [4.78, 5) is 27.5. The number of carbonyl (C=O) groups is 2. The normalized spacial score (nSPS) is 14.2. The van der Waals surface area contributed by atoms with Gasteiger partial charge in [0.15, 0.2) is 0 Å². The highest BCUT2D eigenvalue weighted by atomic mass is 16.5. The number of nitrogens with zero attached hydrogens (tertiary/aromatic N) is 3. The van der Waals surface area contributed by atoms with Gasteiger partial charge < -0.3 is 15.0 Å². The minimum Gasteiger partial charge on any atom is -0.497 e. The number of methoxy groups -OCH3 is 1. The quantitative estimate of drug-likeness (QED) is 0.643. The molecule has 1 saturated heterocycles. The van der Waals surface area contributed by atoms with E-state index in [0.717, 1.165) is 49.4 Å². The third-order valence-electron chi connectivity index (χ3n) is 5.90. The lowest BCUT2D eigenvalue weighted by molar-refractivity contribution is 0.0690. The maximum absolute atomic E-state index is 12.9. The first kappa shape index (κ1) is 21.6. The van der Waals surface area contributed by atoms with Crippen LogP contribution in [0.5, 0.6) is 5.75 Å². The molecule has 0 spiro atoms. The van der Waals surface area contributed by atoms with Crippen LogP contribution >= 0.6 is 0 Å². The average molecular weight is 433 g/mol. The highest BCUT2D eigenvalue weighted by Crippen LogP contribution is 2.24. The Bertz CT molecular complexity index is 1070. The SMILES string of the molecule is COc1ccc(NC(=O)c2cn(C)nc2CC2CCN(C(=O)c3ccccc3)CC2)cc1. The number of aryl methyl sites for hydroxylation is 1. The number of ether oxygens (including phenoxy) is 1. The first-order valence-electron chi connectivity index (χ1n) is 10.9. The number of benzene rings is 2. The van der Waals surface area contributed by atoms with Gasteiger partial charge in [-0.3, -0.25) is 14.3 Å². The number of amides is 2. The molecule has 1 aliphatic heterocycles. The molecule has 0 bridgehead atoms. The van der Waals surface area contributed by atoms with E-state index >= 15 is 0 Å². The second kappa shape index (κ2) is 9.68. The molecule has 2 amide bonds. The van der Waals surface area contributed by atoms with E-state index in [0.29, 0.717) is 17.2 Å². The van der Waals surface area contributed by atoms with Crippen LogP contribution in [-0.4, -0.2) is 46.7 Å². The van der Waals surface area contributed by atoms with Crippen LogP contribution in [0.2, 0.25) is 0 Å². The number of carbonyl (C=O) groups excluding carboxylic acids is 2. The zero-order valence-electron chi connectivity index (χ0n) is 18.5. The van der Waals surface area contributed by atoms with E-state index in [1.807, 2.05) is 66.5 Å². The van der Waals surface area contributed by atoms with Crippen LogP contribution in [0.15, 0.2) is 60.8 Å². The fourth-order valence-electron chi connectivity index (χ4n) is 4.12. The molecule has 4 rings (SSSR count). The molecule has 0 unspecified atom stereocenters. The molecule has 2 heterocycles. The molecule has 32 heavy (non-hydrogen) atoms. The molecule has 1 aromatic heterocycles. The Hall–Kier alpha value is -3.61. The number of hydrogen-bond donors (Lipinski definition) is 1. The van der Waals surface area contributed by atoms with E-state index in [9.17, 15) is 9.59 Å². The molecular formula is C25H28N4O3. The summed E-state index contributed by atoms with van der Waals surface area (Å²) in [5.41, 5.74) is 2.82. The predicted molar refractivity (Wildman–Crippen MR) is 123 cm³/mol. The largest absolute Gasteiger partial charge is 0.497 e. The van der Waals surface area contributed by atoms with Crippen molar-refractivity contribution < 1.29 is 14.3 Å². The predicted octanol–water partition coefficient (Wildman–Crippen LogP) is 3.78. The van der Waals surface area contributed by atoms with Gasteiger partial charge >= 0.3 is 0 Å². The Labute approximate surface area is 188 Å². The van der Waals surface area contributed by atoms with Crippen molar-refractivity contribution in [3.63, 3.8) is 0 Å².